The fourth-order valence-electron chi connectivity index (χ4n) is 7.95. The van der Waals surface area contributed by atoms with Crippen LogP contribution < -0.4 is 0 Å². The van der Waals surface area contributed by atoms with Gasteiger partial charge in [-0.1, -0.05) is 39.3 Å². The molecular formula is C27H34O7. The maximum Gasteiger partial charge on any atom is 0.307 e. The monoisotopic (exact) mass is 470 g/mol. The van der Waals surface area contributed by atoms with E-state index >= 15 is 0 Å². The minimum atomic E-state index is -0.926. The number of methoxy groups -OCH3 is 1. The number of carbonyl (C=O) groups is 3. The van der Waals surface area contributed by atoms with Gasteiger partial charge in [-0.15, -0.1) is 0 Å². The minimum Gasteiger partial charge on any atom is -0.472 e. The third-order valence-corrected chi connectivity index (χ3v) is 9.89. The number of allylic oxidation sites excluding steroid dienone is 1. The van der Waals surface area contributed by atoms with Crippen LogP contribution in [0, 0.1) is 39.9 Å². The topological polar surface area (TPSA) is 103 Å². The van der Waals surface area contributed by atoms with Crippen molar-refractivity contribution in [1.29, 1.82) is 0 Å². The summed E-state index contributed by atoms with van der Waals surface area (Å²) in [4.78, 5) is 39.1. The molecule has 8 atom stereocenters. The van der Waals surface area contributed by atoms with Crippen LogP contribution in [0.15, 0.2) is 34.7 Å². The lowest BCUT2D eigenvalue weighted by Crippen LogP contribution is -2.66. The van der Waals surface area contributed by atoms with E-state index in [-0.39, 0.29) is 53.7 Å². The Kier molecular flexibility index (Phi) is 5.18. The molecule has 1 aromatic rings. The van der Waals surface area contributed by atoms with Gasteiger partial charge in [0.1, 0.15) is 11.9 Å². The molecule has 1 aliphatic heterocycles. The molecule has 7 nitrogen and oxygen atoms in total. The predicted molar refractivity (Wildman–Crippen MR) is 121 cm³/mol. The van der Waals surface area contributed by atoms with Gasteiger partial charge in [0.25, 0.3) is 0 Å². The van der Waals surface area contributed by atoms with Gasteiger partial charge in [0, 0.05) is 22.8 Å². The number of hydrogen-bond acceptors (Lipinski definition) is 7. The SMILES string of the molecule is COC(=O)C[C@H]1C(C)(C)[C@H](O)[C@H]2C=C3[C@@H]4CC(=O)O[C@@H](c5ccoc5)[C@]4(C)CC[C@@H]3[C@]1(C)C2=O. The van der Waals surface area contributed by atoms with E-state index in [9.17, 15) is 19.5 Å². The molecule has 0 spiro atoms. The lowest BCUT2D eigenvalue weighted by atomic mass is 9.40. The van der Waals surface area contributed by atoms with E-state index in [1.807, 2.05) is 32.9 Å². The number of fused-ring (bicyclic) bond motifs is 6. The normalized spacial score (nSPS) is 42.7. The van der Waals surface area contributed by atoms with Crippen LogP contribution in [0.4, 0.5) is 0 Å². The molecule has 7 heteroatoms. The molecule has 2 heterocycles. The van der Waals surface area contributed by atoms with Crippen molar-refractivity contribution in [2.75, 3.05) is 7.11 Å². The number of rotatable bonds is 3. The van der Waals surface area contributed by atoms with Crippen LogP contribution in [0.1, 0.15) is 65.0 Å². The first-order chi connectivity index (χ1) is 16.0. The third kappa shape index (κ3) is 2.95. The number of Topliss-reactive ketones (excluding diaryl/α,β-unsaturated/α-hetero) is 1. The molecule has 34 heavy (non-hydrogen) atoms. The summed E-state index contributed by atoms with van der Waals surface area (Å²) < 4.78 is 16.1. The highest BCUT2D eigenvalue weighted by atomic mass is 16.5. The van der Waals surface area contributed by atoms with Crippen molar-refractivity contribution < 1.29 is 33.4 Å². The Hall–Kier alpha value is -2.41. The molecule has 2 bridgehead atoms. The average Bonchev–Trinajstić information content (AvgIpc) is 3.32. The fourth-order valence-corrected chi connectivity index (χ4v) is 7.95. The van der Waals surface area contributed by atoms with Gasteiger partial charge in [-0.2, -0.15) is 0 Å². The van der Waals surface area contributed by atoms with Gasteiger partial charge in [0.2, 0.25) is 0 Å². The molecule has 0 unspecified atom stereocenters. The first-order valence-electron chi connectivity index (χ1n) is 12.2. The number of aliphatic hydroxyl groups is 1. The number of ketones is 1. The molecule has 3 aliphatic carbocycles. The number of furan rings is 1. The molecule has 5 rings (SSSR count). The molecule has 0 aromatic carbocycles. The maximum absolute atomic E-state index is 13.9. The van der Waals surface area contributed by atoms with E-state index in [0.717, 1.165) is 24.0 Å². The summed E-state index contributed by atoms with van der Waals surface area (Å²) in [5.41, 5.74) is 0.0518. The number of carbonyl (C=O) groups excluding carboxylic acids is 3. The van der Waals surface area contributed by atoms with Gasteiger partial charge in [-0.25, -0.2) is 0 Å². The van der Waals surface area contributed by atoms with E-state index in [2.05, 4.69) is 6.92 Å². The summed E-state index contributed by atoms with van der Waals surface area (Å²) in [6.07, 6.45) is 5.64. The van der Waals surface area contributed by atoms with Gasteiger partial charge >= 0.3 is 11.9 Å². The van der Waals surface area contributed by atoms with Crippen LogP contribution in [-0.4, -0.2) is 36.0 Å². The number of cyclic esters (lactones) is 1. The van der Waals surface area contributed by atoms with Gasteiger partial charge < -0.3 is 19.0 Å². The van der Waals surface area contributed by atoms with Crippen molar-refractivity contribution in [3.8, 4) is 0 Å². The molecule has 1 aromatic heterocycles. The Bertz CT molecular complexity index is 1050. The summed E-state index contributed by atoms with van der Waals surface area (Å²) in [6, 6.07) is 1.84. The molecule has 3 fully saturated rings. The summed E-state index contributed by atoms with van der Waals surface area (Å²) in [6.45, 7) is 8.02. The molecule has 2 saturated carbocycles. The van der Waals surface area contributed by atoms with Crippen LogP contribution in [0.3, 0.4) is 0 Å². The molecule has 1 saturated heterocycles. The largest absolute Gasteiger partial charge is 0.472 e. The van der Waals surface area contributed by atoms with Crippen LogP contribution in [-0.2, 0) is 23.9 Å². The third-order valence-electron chi connectivity index (χ3n) is 9.89. The van der Waals surface area contributed by atoms with Crippen LogP contribution in [0.5, 0.6) is 0 Å². The average molecular weight is 471 g/mol. The quantitative estimate of drug-likeness (QED) is 0.526. The van der Waals surface area contributed by atoms with E-state index in [1.165, 1.54) is 7.11 Å². The summed E-state index contributed by atoms with van der Waals surface area (Å²) >= 11 is 0. The molecule has 1 N–H and O–H groups in total. The second-order valence-corrected chi connectivity index (χ2v) is 11.7. The number of esters is 2. The van der Waals surface area contributed by atoms with Crippen LogP contribution >= 0.6 is 0 Å². The standard InChI is InChI=1S/C27H34O7/c1-25(2)19(12-20(28)32-5)27(4)17-6-8-26(3)18(15(17)10-16(22(25)30)23(27)31)11-21(29)34-24(26)14-7-9-33-13-14/h7,9-10,13,16-19,22,24,30H,6,8,11-12H2,1-5H3/t16-,17+,18+,19+,22-,24+,26-,27+/m1/s1. The summed E-state index contributed by atoms with van der Waals surface area (Å²) in [7, 11) is 1.35. The minimum absolute atomic E-state index is 0.00430. The molecule has 0 amide bonds. The molecule has 4 aliphatic rings. The van der Waals surface area contributed by atoms with Crippen molar-refractivity contribution in [3.63, 3.8) is 0 Å². The van der Waals surface area contributed by atoms with Crippen molar-refractivity contribution >= 4 is 17.7 Å². The second-order valence-electron chi connectivity index (χ2n) is 11.7. The molecular weight excluding hydrogens is 436 g/mol. The Balaban J connectivity index is 1.63. The van der Waals surface area contributed by atoms with Gasteiger partial charge in [-0.3, -0.25) is 14.4 Å². The first kappa shape index (κ1) is 23.3. The summed E-state index contributed by atoms with van der Waals surface area (Å²) in [5.74, 6) is -1.92. The lowest BCUT2D eigenvalue weighted by molar-refractivity contribution is -0.189. The number of hydrogen-bond donors (Lipinski definition) is 1. The van der Waals surface area contributed by atoms with Gasteiger partial charge in [0.05, 0.1) is 38.1 Å². The zero-order chi connectivity index (χ0) is 24.6. The maximum atomic E-state index is 13.9. The van der Waals surface area contributed by atoms with Gasteiger partial charge in [0.15, 0.2) is 0 Å². The Morgan fingerprint density at radius 1 is 1.21 bits per heavy atom. The zero-order valence-corrected chi connectivity index (χ0v) is 20.5. The van der Waals surface area contributed by atoms with Crippen molar-refractivity contribution in [2.24, 2.45) is 39.9 Å². The zero-order valence-electron chi connectivity index (χ0n) is 20.5. The van der Waals surface area contributed by atoms with Crippen LogP contribution in [0.2, 0.25) is 0 Å². The first-order valence-corrected chi connectivity index (χ1v) is 12.2. The highest BCUT2D eigenvalue weighted by Crippen LogP contribution is 2.67. The van der Waals surface area contributed by atoms with E-state index in [0.29, 0.717) is 0 Å². The Morgan fingerprint density at radius 3 is 2.59 bits per heavy atom. The Morgan fingerprint density at radius 2 is 1.94 bits per heavy atom. The van der Waals surface area contributed by atoms with Crippen molar-refractivity contribution in [2.45, 2.75) is 65.6 Å². The fraction of sp³-hybridized carbons (Fsp3) is 0.667. The van der Waals surface area contributed by atoms with Crippen molar-refractivity contribution in [3.05, 3.63) is 35.8 Å². The summed E-state index contributed by atoms with van der Waals surface area (Å²) in [5, 5.41) is 11.4. The smallest absolute Gasteiger partial charge is 0.307 e. The molecule has 184 valence electrons. The van der Waals surface area contributed by atoms with E-state index < -0.39 is 29.0 Å². The lowest BCUT2D eigenvalue weighted by Gasteiger charge is -2.63. The predicted octanol–water partition coefficient (Wildman–Crippen LogP) is 4.01. The molecule has 0 radical (unpaired) electrons. The van der Waals surface area contributed by atoms with Gasteiger partial charge in [-0.05, 0) is 42.1 Å². The van der Waals surface area contributed by atoms with Crippen molar-refractivity contribution in [1.82, 2.24) is 0 Å². The van der Waals surface area contributed by atoms with E-state index in [1.54, 1.807) is 12.5 Å². The number of ether oxygens (including phenoxy) is 2. The van der Waals surface area contributed by atoms with E-state index in [4.69, 9.17) is 13.9 Å². The van der Waals surface area contributed by atoms with Crippen LogP contribution in [0.25, 0.3) is 0 Å². The highest BCUT2D eigenvalue weighted by Gasteiger charge is 2.67. The highest BCUT2D eigenvalue weighted by molar-refractivity contribution is 5.93. The number of aliphatic hydroxyl groups excluding tert-OH is 1. The Labute approximate surface area is 199 Å². The second kappa shape index (κ2) is 7.54.